The van der Waals surface area contributed by atoms with Gasteiger partial charge in [0.25, 0.3) is 0 Å². The molecule has 4 nitrogen and oxygen atoms in total. The molecule has 2 aromatic rings. The highest BCUT2D eigenvalue weighted by molar-refractivity contribution is 5.74. The molecule has 1 aromatic carbocycles. The van der Waals surface area contributed by atoms with Crippen molar-refractivity contribution in [2.24, 2.45) is 0 Å². The lowest BCUT2D eigenvalue weighted by Crippen LogP contribution is -1.99. The summed E-state index contributed by atoms with van der Waals surface area (Å²) in [4.78, 5) is 8.45. The predicted octanol–water partition coefficient (Wildman–Crippen LogP) is 1.13. The minimum absolute atomic E-state index is 0.166. The van der Waals surface area contributed by atoms with Gasteiger partial charge in [-0.15, -0.1) is 0 Å². The Morgan fingerprint density at radius 2 is 1.86 bits per heavy atom. The van der Waals surface area contributed by atoms with Crippen LogP contribution in [0.15, 0.2) is 24.3 Å². The Morgan fingerprint density at radius 3 is 2.43 bits per heavy atom. The van der Waals surface area contributed by atoms with Crippen LogP contribution in [0.25, 0.3) is 11.0 Å². The number of rotatable bonds is 2. The number of fused-ring (bicyclic) bond motifs is 1. The molecular formula is C10H10N2O2. The number of hydrogen-bond donors (Lipinski definition) is 1. The number of para-hydroxylation sites is 2. The van der Waals surface area contributed by atoms with Gasteiger partial charge in [0, 0.05) is 0 Å². The maximum atomic E-state index is 9.03. The van der Waals surface area contributed by atoms with Gasteiger partial charge in [0.1, 0.15) is 5.69 Å². The van der Waals surface area contributed by atoms with Crippen molar-refractivity contribution in [1.29, 1.82) is 0 Å². The Morgan fingerprint density at radius 1 is 1.21 bits per heavy atom. The van der Waals surface area contributed by atoms with Crippen molar-refractivity contribution in [1.82, 2.24) is 9.97 Å². The maximum Gasteiger partial charge on any atom is 0.238 e. The highest BCUT2D eigenvalue weighted by Crippen LogP contribution is 2.17. The van der Waals surface area contributed by atoms with Crippen molar-refractivity contribution in [2.75, 3.05) is 7.11 Å². The van der Waals surface area contributed by atoms with Crippen LogP contribution in [0.5, 0.6) is 5.88 Å². The molecule has 0 bridgehead atoms. The van der Waals surface area contributed by atoms with Crippen LogP contribution in [0.3, 0.4) is 0 Å². The van der Waals surface area contributed by atoms with Crippen LogP contribution in [-0.4, -0.2) is 22.2 Å². The van der Waals surface area contributed by atoms with Crippen molar-refractivity contribution >= 4 is 11.0 Å². The van der Waals surface area contributed by atoms with Crippen LogP contribution in [0.1, 0.15) is 5.69 Å². The molecule has 72 valence electrons. The highest BCUT2D eigenvalue weighted by Gasteiger charge is 2.06. The fourth-order valence-electron chi connectivity index (χ4n) is 1.29. The Labute approximate surface area is 81.2 Å². The lowest BCUT2D eigenvalue weighted by Gasteiger charge is -2.05. The summed E-state index contributed by atoms with van der Waals surface area (Å²) in [5, 5.41) is 9.03. The van der Waals surface area contributed by atoms with Crippen LogP contribution in [0.2, 0.25) is 0 Å². The van der Waals surface area contributed by atoms with Gasteiger partial charge in [-0.05, 0) is 12.1 Å². The third-order valence-electron chi connectivity index (χ3n) is 1.95. The Hall–Kier alpha value is -1.68. The van der Waals surface area contributed by atoms with Crippen molar-refractivity contribution in [2.45, 2.75) is 6.61 Å². The smallest absolute Gasteiger partial charge is 0.238 e. The number of aliphatic hydroxyl groups is 1. The molecule has 0 amide bonds. The van der Waals surface area contributed by atoms with Gasteiger partial charge in [0.2, 0.25) is 5.88 Å². The summed E-state index contributed by atoms with van der Waals surface area (Å²) >= 11 is 0. The lowest BCUT2D eigenvalue weighted by atomic mass is 10.3. The highest BCUT2D eigenvalue weighted by atomic mass is 16.5. The average molecular weight is 190 g/mol. The first kappa shape index (κ1) is 8.90. The van der Waals surface area contributed by atoms with Crippen molar-refractivity contribution < 1.29 is 9.84 Å². The van der Waals surface area contributed by atoms with Crippen LogP contribution >= 0.6 is 0 Å². The molecule has 2 rings (SSSR count). The summed E-state index contributed by atoms with van der Waals surface area (Å²) in [5.74, 6) is 0.381. The van der Waals surface area contributed by atoms with E-state index in [-0.39, 0.29) is 6.61 Å². The molecule has 0 atom stereocenters. The van der Waals surface area contributed by atoms with Gasteiger partial charge >= 0.3 is 0 Å². The maximum absolute atomic E-state index is 9.03. The molecule has 1 N–H and O–H groups in total. The molecule has 14 heavy (non-hydrogen) atoms. The van der Waals surface area contributed by atoms with E-state index in [1.807, 2.05) is 24.3 Å². The third kappa shape index (κ3) is 1.40. The molecule has 0 radical (unpaired) electrons. The van der Waals surface area contributed by atoms with Crippen LogP contribution in [0, 0.1) is 0 Å². The number of ether oxygens (including phenoxy) is 1. The topological polar surface area (TPSA) is 55.2 Å². The standard InChI is InChI=1S/C10H10N2O2/c1-14-10-9(6-13)11-7-4-2-3-5-8(7)12-10/h2-5,13H,6H2,1H3. The normalized spacial score (nSPS) is 10.4. The van der Waals surface area contributed by atoms with E-state index in [0.717, 1.165) is 11.0 Å². The largest absolute Gasteiger partial charge is 0.480 e. The SMILES string of the molecule is COc1nc2ccccc2nc1CO. The summed E-state index contributed by atoms with van der Waals surface area (Å²) in [6.45, 7) is -0.166. The first-order valence-electron chi connectivity index (χ1n) is 4.25. The first-order chi connectivity index (χ1) is 6.85. The van der Waals surface area contributed by atoms with Gasteiger partial charge in [0.05, 0.1) is 24.8 Å². The van der Waals surface area contributed by atoms with E-state index < -0.39 is 0 Å². The molecule has 0 aliphatic heterocycles. The second-order valence-electron chi connectivity index (χ2n) is 2.83. The zero-order valence-electron chi connectivity index (χ0n) is 7.77. The zero-order chi connectivity index (χ0) is 9.97. The molecular weight excluding hydrogens is 180 g/mol. The van der Waals surface area contributed by atoms with Crippen molar-refractivity contribution in [3.63, 3.8) is 0 Å². The lowest BCUT2D eigenvalue weighted by molar-refractivity contribution is 0.266. The van der Waals surface area contributed by atoms with Crippen LogP contribution in [0.4, 0.5) is 0 Å². The Kier molecular flexibility index (Phi) is 2.28. The van der Waals surface area contributed by atoms with Gasteiger partial charge in [-0.3, -0.25) is 0 Å². The molecule has 4 heteroatoms. The minimum Gasteiger partial charge on any atom is -0.480 e. The molecule has 0 saturated carbocycles. The fraction of sp³-hybridized carbons (Fsp3) is 0.200. The summed E-state index contributed by atoms with van der Waals surface area (Å²) in [6.07, 6.45) is 0. The zero-order valence-corrected chi connectivity index (χ0v) is 7.77. The second-order valence-corrected chi connectivity index (χ2v) is 2.83. The Balaban J connectivity index is 2.69. The summed E-state index contributed by atoms with van der Waals surface area (Å²) < 4.78 is 5.01. The van der Waals surface area contributed by atoms with Gasteiger partial charge in [-0.2, -0.15) is 0 Å². The number of aliphatic hydroxyl groups excluding tert-OH is 1. The number of hydrogen-bond acceptors (Lipinski definition) is 4. The molecule has 0 spiro atoms. The van der Waals surface area contributed by atoms with E-state index in [4.69, 9.17) is 9.84 Å². The van der Waals surface area contributed by atoms with Crippen LogP contribution in [-0.2, 0) is 6.61 Å². The monoisotopic (exact) mass is 190 g/mol. The number of benzene rings is 1. The molecule has 0 unspecified atom stereocenters. The van der Waals surface area contributed by atoms with E-state index in [9.17, 15) is 0 Å². The van der Waals surface area contributed by atoms with Crippen LogP contribution < -0.4 is 4.74 Å². The van der Waals surface area contributed by atoms with Gasteiger partial charge < -0.3 is 9.84 Å². The van der Waals surface area contributed by atoms with E-state index >= 15 is 0 Å². The number of aromatic nitrogens is 2. The fourth-order valence-corrected chi connectivity index (χ4v) is 1.29. The predicted molar refractivity (Wildman–Crippen MR) is 52.0 cm³/mol. The van der Waals surface area contributed by atoms with Gasteiger partial charge in [-0.25, -0.2) is 9.97 Å². The van der Waals surface area contributed by atoms with Gasteiger partial charge in [0.15, 0.2) is 0 Å². The van der Waals surface area contributed by atoms with Crippen molar-refractivity contribution in [3.8, 4) is 5.88 Å². The molecule has 0 fully saturated rings. The number of nitrogens with zero attached hydrogens (tertiary/aromatic N) is 2. The third-order valence-corrected chi connectivity index (χ3v) is 1.95. The van der Waals surface area contributed by atoms with E-state index in [1.165, 1.54) is 7.11 Å². The Bertz CT molecular complexity index is 414. The van der Waals surface area contributed by atoms with E-state index in [1.54, 1.807) is 0 Å². The molecule has 0 aliphatic carbocycles. The molecule has 0 saturated heterocycles. The average Bonchev–Trinajstić information content (AvgIpc) is 2.27. The second kappa shape index (κ2) is 3.59. The van der Waals surface area contributed by atoms with E-state index in [2.05, 4.69) is 9.97 Å². The summed E-state index contributed by atoms with van der Waals surface area (Å²) in [6, 6.07) is 7.46. The summed E-state index contributed by atoms with van der Waals surface area (Å²) in [7, 11) is 1.51. The van der Waals surface area contributed by atoms with Gasteiger partial charge in [-0.1, -0.05) is 12.1 Å². The summed E-state index contributed by atoms with van der Waals surface area (Å²) in [5.41, 5.74) is 1.99. The van der Waals surface area contributed by atoms with Crippen molar-refractivity contribution in [3.05, 3.63) is 30.0 Å². The quantitative estimate of drug-likeness (QED) is 0.771. The number of methoxy groups -OCH3 is 1. The molecule has 1 heterocycles. The first-order valence-corrected chi connectivity index (χ1v) is 4.25. The van der Waals surface area contributed by atoms with E-state index in [0.29, 0.717) is 11.6 Å². The molecule has 1 aromatic heterocycles. The molecule has 0 aliphatic rings. The minimum atomic E-state index is -0.166.